The Hall–Kier alpha value is -2.88. The smallest absolute Gasteiger partial charge is 0.262 e. The molecule has 3 rings (SSSR count). The van der Waals surface area contributed by atoms with E-state index in [9.17, 15) is 4.79 Å². The van der Waals surface area contributed by atoms with E-state index in [4.69, 9.17) is 0 Å². The van der Waals surface area contributed by atoms with Crippen molar-refractivity contribution in [1.29, 1.82) is 0 Å². The third kappa shape index (κ3) is 3.86. The van der Waals surface area contributed by atoms with Crippen molar-refractivity contribution in [3.63, 3.8) is 0 Å². The van der Waals surface area contributed by atoms with E-state index in [1.54, 1.807) is 4.57 Å². The van der Waals surface area contributed by atoms with Crippen LogP contribution in [0.5, 0.6) is 0 Å². The summed E-state index contributed by atoms with van der Waals surface area (Å²) >= 11 is 0. The number of hydrogen-bond acceptors (Lipinski definition) is 2. The van der Waals surface area contributed by atoms with Crippen LogP contribution >= 0.6 is 0 Å². The van der Waals surface area contributed by atoms with E-state index in [-0.39, 0.29) is 11.8 Å². The summed E-state index contributed by atoms with van der Waals surface area (Å²) in [6.07, 6.45) is 4.68. The molecule has 0 saturated heterocycles. The number of rotatable bonds is 6. The molecule has 28 heavy (non-hydrogen) atoms. The molecule has 3 aromatic rings. The lowest BCUT2D eigenvalue weighted by atomic mass is 9.91. The first kappa shape index (κ1) is 19.9. The Morgan fingerprint density at radius 3 is 2.68 bits per heavy atom. The van der Waals surface area contributed by atoms with E-state index in [1.165, 1.54) is 0 Å². The number of fused-ring (bicyclic) bond motifs is 1. The Labute approximate surface area is 167 Å². The highest BCUT2D eigenvalue weighted by Crippen LogP contribution is 2.31. The van der Waals surface area contributed by atoms with Gasteiger partial charge in [-0.2, -0.15) is 0 Å². The molecular weight excluding hydrogens is 346 g/mol. The second-order valence-corrected chi connectivity index (χ2v) is 7.40. The lowest BCUT2D eigenvalue weighted by Crippen LogP contribution is -2.15. The summed E-state index contributed by atoms with van der Waals surface area (Å²) in [7, 11) is 2.00. The largest absolute Gasteiger partial charge is 0.366 e. The Morgan fingerprint density at radius 2 is 1.96 bits per heavy atom. The third-order valence-electron chi connectivity index (χ3n) is 5.45. The molecule has 146 valence electrons. The molecule has 0 N–H and O–H groups in total. The number of benzene rings is 2. The minimum Gasteiger partial charge on any atom is -0.366 e. The van der Waals surface area contributed by atoms with Crippen LogP contribution in [0.15, 0.2) is 53.7 Å². The third-order valence-corrected chi connectivity index (χ3v) is 5.45. The van der Waals surface area contributed by atoms with E-state index >= 15 is 0 Å². The molecule has 0 radical (unpaired) electrons. The van der Waals surface area contributed by atoms with Crippen molar-refractivity contribution in [2.24, 2.45) is 4.99 Å². The molecule has 1 atom stereocenters. The Bertz CT molecular complexity index is 1020. The van der Waals surface area contributed by atoms with Gasteiger partial charge in [0.2, 0.25) is 0 Å². The monoisotopic (exact) mass is 375 g/mol. The molecule has 2 aromatic carbocycles. The molecule has 0 bridgehead atoms. The molecule has 0 aliphatic carbocycles. The number of aromatic nitrogens is 1. The average molecular weight is 376 g/mol. The van der Waals surface area contributed by atoms with Gasteiger partial charge in [0.1, 0.15) is 0 Å². The quantitative estimate of drug-likeness (QED) is 0.405. The number of hydrogen-bond donors (Lipinski definition) is 0. The predicted molar refractivity (Wildman–Crippen MR) is 118 cm³/mol. The van der Waals surface area contributed by atoms with Crippen LogP contribution in [0, 0.1) is 6.92 Å². The van der Waals surface area contributed by atoms with Gasteiger partial charge in [-0.05, 0) is 61.6 Å². The maximum Gasteiger partial charge on any atom is 0.262 e. The van der Waals surface area contributed by atoms with Gasteiger partial charge in [0.25, 0.3) is 5.91 Å². The SMILES string of the molecule is CCC(C)c1cc(N=CN(C)CC)c(C)cc1C(=O)n1ccc2ccccc21. The Balaban J connectivity index is 2.10. The minimum atomic E-state index is 0.0146. The fourth-order valence-corrected chi connectivity index (χ4v) is 3.30. The van der Waals surface area contributed by atoms with E-state index in [1.807, 2.05) is 67.8 Å². The fourth-order valence-electron chi connectivity index (χ4n) is 3.30. The molecule has 4 nitrogen and oxygen atoms in total. The zero-order valence-electron chi connectivity index (χ0n) is 17.4. The lowest BCUT2D eigenvalue weighted by Gasteiger charge is -2.18. The number of aryl methyl sites for hydroxylation is 1. The number of nitrogens with zero attached hydrogens (tertiary/aromatic N) is 3. The topological polar surface area (TPSA) is 37.6 Å². The summed E-state index contributed by atoms with van der Waals surface area (Å²) in [6, 6.07) is 14.0. The van der Waals surface area contributed by atoms with Gasteiger partial charge in [-0.3, -0.25) is 9.36 Å². The average Bonchev–Trinajstić information content (AvgIpc) is 3.15. The molecule has 0 fully saturated rings. The highest BCUT2D eigenvalue weighted by atomic mass is 16.2. The Morgan fingerprint density at radius 1 is 1.21 bits per heavy atom. The molecule has 4 heteroatoms. The molecule has 1 heterocycles. The van der Waals surface area contributed by atoms with Gasteiger partial charge in [-0.25, -0.2) is 4.99 Å². The molecule has 0 aliphatic heterocycles. The van der Waals surface area contributed by atoms with Crippen molar-refractivity contribution in [3.8, 4) is 0 Å². The summed E-state index contributed by atoms with van der Waals surface area (Å²) in [4.78, 5) is 20.1. The summed E-state index contributed by atoms with van der Waals surface area (Å²) in [6.45, 7) is 9.33. The fraction of sp³-hybridized carbons (Fsp3) is 0.333. The standard InChI is InChI=1S/C24H29N3O/c1-6-17(3)20-15-22(25-16-26(5)7-2)18(4)14-21(20)24(28)27-13-12-19-10-8-9-11-23(19)27/h8-17H,6-7H2,1-5H3. The van der Waals surface area contributed by atoms with Crippen LogP contribution in [0.4, 0.5) is 5.69 Å². The van der Waals surface area contributed by atoms with Crippen LogP contribution in [0.1, 0.15) is 54.6 Å². The van der Waals surface area contributed by atoms with E-state index < -0.39 is 0 Å². The van der Waals surface area contributed by atoms with Crippen molar-refractivity contribution in [2.75, 3.05) is 13.6 Å². The normalized spacial score (nSPS) is 12.6. The van der Waals surface area contributed by atoms with Crippen LogP contribution in [0.2, 0.25) is 0 Å². The summed E-state index contributed by atoms with van der Waals surface area (Å²) in [5.41, 5.74) is 4.68. The summed E-state index contributed by atoms with van der Waals surface area (Å²) in [5, 5.41) is 1.07. The Kier molecular flexibility index (Phi) is 5.98. The maximum absolute atomic E-state index is 13.5. The van der Waals surface area contributed by atoms with Crippen LogP contribution in [0.25, 0.3) is 10.9 Å². The number of carbonyl (C=O) groups is 1. The maximum atomic E-state index is 13.5. The minimum absolute atomic E-state index is 0.0146. The summed E-state index contributed by atoms with van der Waals surface area (Å²) in [5.74, 6) is 0.292. The van der Waals surface area contributed by atoms with Crippen molar-refractivity contribution in [3.05, 3.63) is 65.4 Å². The van der Waals surface area contributed by atoms with Gasteiger partial charge in [-0.15, -0.1) is 0 Å². The number of carbonyl (C=O) groups excluding carboxylic acids is 1. The van der Waals surface area contributed by atoms with Crippen molar-refractivity contribution < 1.29 is 4.79 Å². The van der Waals surface area contributed by atoms with Gasteiger partial charge in [-0.1, -0.05) is 32.0 Å². The second-order valence-electron chi connectivity index (χ2n) is 7.40. The highest BCUT2D eigenvalue weighted by molar-refractivity contribution is 6.03. The predicted octanol–water partition coefficient (Wildman–Crippen LogP) is 5.76. The van der Waals surface area contributed by atoms with Gasteiger partial charge in [0.15, 0.2) is 0 Å². The van der Waals surface area contributed by atoms with Crippen LogP contribution in [0.3, 0.4) is 0 Å². The zero-order valence-corrected chi connectivity index (χ0v) is 17.4. The molecule has 0 saturated carbocycles. The van der Waals surface area contributed by atoms with Gasteiger partial charge >= 0.3 is 0 Å². The second kappa shape index (κ2) is 8.42. The van der Waals surface area contributed by atoms with Crippen LogP contribution in [-0.2, 0) is 0 Å². The first-order valence-electron chi connectivity index (χ1n) is 9.96. The first-order valence-corrected chi connectivity index (χ1v) is 9.96. The molecule has 0 aliphatic rings. The van der Waals surface area contributed by atoms with Gasteiger partial charge in [0, 0.05) is 30.7 Å². The van der Waals surface area contributed by atoms with Gasteiger partial charge < -0.3 is 4.90 Å². The molecule has 1 unspecified atom stereocenters. The van der Waals surface area contributed by atoms with E-state index in [2.05, 4.69) is 31.8 Å². The lowest BCUT2D eigenvalue weighted by molar-refractivity contribution is 0.0963. The van der Waals surface area contributed by atoms with E-state index in [0.717, 1.165) is 46.2 Å². The number of aliphatic imine (C=N–C) groups is 1. The zero-order chi connectivity index (χ0) is 20.3. The number of para-hydroxylation sites is 1. The van der Waals surface area contributed by atoms with Crippen molar-refractivity contribution >= 4 is 28.8 Å². The van der Waals surface area contributed by atoms with Crippen molar-refractivity contribution in [2.45, 2.75) is 40.0 Å². The molecule has 0 amide bonds. The molecular formula is C24H29N3O. The molecule has 0 spiro atoms. The van der Waals surface area contributed by atoms with Gasteiger partial charge in [0.05, 0.1) is 17.5 Å². The van der Waals surface area contributed by atoms with Crippen LogP contribution in [-0.4, -0.2) is 35.3 Å². The first-order chi connectivity index (χ1) is 13.5. The van der Waals surface area contributed by atoms with Crippen LogP contribution < -0.4 is 0 Å². The summed E-state index contributed by atoms with van der Waals surface area (Å²) < 4.78 is 1.75. The van der Waals surface area contributed by atoms with Crippen molar-refractivity contribution in [1.82, 2.24) is 9.47 Å². The van der Waals surface area contributed by atoms with E-state index in [0.29, 0.717) is 0 Å². The molecule has 1 aromatic heterocycles. The highest BCUT2D eigenvalue weighted by Gasteiger charge is 2.20.